The van der Waals surface area contributed by atoms with Crippen LogP contribution in [0.15, 0.2) is 36.9 Å². The molecule has 2 saturated heterocycles. The smallest absolute Gasteiger partial charge is 0.319 e. The van der Waals surface area contributed by atoms with Crippen LogP contribution in [-0.4, -0.2) is 83.8 Å². The molecule has 1 amide bonds. The molecule has 9 nitrogen and oxygen atoms in total. The summed E-state index contributed by atoms with van der Waals surface area (Å²) < 4.78 is 51.6. The quantitative estimate of drug-likeness (QED) is 0.273. The van der Waals surface area contributed by atoms with Gasteiger partial charge < -0.3 is 20.3 Å². The van der Waals surface area contributed by atoms with Crippen LogP contribution in [0.25, 0.3) is 32.1 Å². The van der Waals surface area contributed by atoms with Gasteiger partial charge in [-0.1, -0.05) is 18.7 Å². The number of nitriles is 1. The van der Waals surface area contributed by atoms with Crippen LogP contribution in [0.1, 0.15) is 25.3 Å². The summed E-state index contributed by atoms with van der Waals surface area (Å²) in [6.45, 7) is 6.47. The maximum atomic E-state index is 16.7. The molecular weight excluding hydrogens is 603 g/mol. The van der Waals surface area contributed by atoms with E-state index in [0.717, 1.165) is 11.3 Å². The first-order chi connectivity index (χ1) is 21.5. The molecule has 4 heterocycles. The van der Waals surface area contributed by atoms with E-state index < -0.39 is 17.8 Å². The van der Waals surface area contributed by atoms with Gasteiger partial charge in [0.2, 0.25) is 5.91 Å². The molecule has 2 aromatic heterocycles. The number of carbonyl (C=O) groups is 1. The molecule has 2 aliphatic heterocycles. The first kappa shape index (κ1) is 30.6. The van der Waals surface area contributed by atoms with Crippen LogP contribution in [0.5, 0.6) is 6.01 Å². The van der Waals surface area contributed by atoms with Gasteiger partial charge in [0.25, 0.3) is 0 Å². The summed E-state index contributed by atoms with van der Waals surface area (Å²) in [6, 6.07) is 7.29. The number of nitrogen functional groups attached to an aromatic ring is 1. The number of likely N-dealkylation sites (N-methyl/N-ethyl adjacent to an activating group) is 2. The second-order valence-electron chi connectivity index (χ2n) is 11.6. The number of fused-ring (bicyclic) bond motifs is 2. The molecule has 0 aliphatic carbocycles. The Kier molecular flexibility index (Phi) is 8.05. The Hall–Kier alpha value is -4.41. The number of hydrogen-bond acceptors (Lipinski definition) is 9. The molecule has 1 unspecified atom stereocenters. The van der Waals surface area contributed by atoms with Crippen molar-refractivity contribution in [2.24, 2.45) is 0 Å². The van der Waals surface area contributed by atoms with Gasteiger partial charge in [-0.3, -0.25) is 9.69 Å². The third kappa shape index (κ3) is 5.21. The zero-order valence-corrected chi connectivity index (χ0v) is 25.9. The fraction of sp³-hybridized carbons (Fsp3) is 0.375. The molecule has 45 heavy (non-hydrogen) atoms. The van der Waals surface area contributed by atoms with Gasteiger partial charge in [0, 0.05) is 48.6 Å². The van der Waals surface area contributed by atoms with E-state index in [1.54, 1.807) is 17.0 Å². The highest BCUT2D eigenvalue weighted by molar-refractivity contribution is 7.23. The Morgan fingerprint density at radius 2 is 2.04 bits per heavy atom. The van der Waals surface area contributed by atoms with Crippen molar-refractivity contribution in [2.45, 2.75) is 44.1 Å². The van der Waals surface area contributed by atoms with Crippen LogP contribution < -0.4 is 15.4 Å². The number of likely N-dealkylation sites (tertiary alicyclic amines) is 2. The normalized spacial score (nSPS) is 21.8. The standard InChI is InChI=1S/C32H32F3N7O2S/c1-5-25(43)42-11-10-24(16(42)2)41(4)31-21-7-6-20(19-8-9-23(34)29-26(19)22(13-36)30(37)45-29)27(35)28(21)38-32(39-31)44-15-18-12-17(33)14-40(18)3/h5-9,16-18,24H,1,10-12,14-15,37H2,2-4H3/t16-,17-,18+,24?/m1/s1. The highest BCUT2D eigenvalue weighted by Gasteiger charge is 2.37. The fourth-order valence-electron chi connectivity index (χ4n) is 6.60. The van der Waals surface area contributed by atoms with Crippen molar-refractivity contribution in [2.75, 3.05) is 44.4 Å². The molecule has 6 rings (SSSR count). The van der Waals surface area contributed by atoms with E-state index in [0.29, 0.717) is 42.7 Å². The minimum atomic E-state index is -0.968. The average molecular weight is 636 g/mol. The highest BCUT2D eigenvalue weighted by Crippen LogP contribution is 2.43. The minimum Gasteiger partial charge on any atom is -0.462 e. The number of alkyl halides is 1. The molecule has 234 valence electrons. The van der Waals surface area contributed by atoms with Crippen molar-refractivity contribution < 1.29 is 22.7 Å². The van der Waals surface area contributed by atoms with Crippen LogP contribution in [0.2, 0.25) is 0 Å². The Morgan fingerprint density at radius 1 is 1.29 bits per heavy atom. The largest absolute Gasteiger partial charge is 0.462 e. The second-order valence-corrected chi connectivity index (χ2v) is 12.6. The van der Waals surface area contributed by atoms with Gasteiger partial charge in [-0.2, -0.15) is 15.2 Å². The van der Waals surface area contributed by atoms with Crippen LogP contribution in [0, 0.1) is 23.0 Å². The second kappa shape index (κ2) is 11.8. The zero-order valence-electron chi connectivity index (χ0n) is 25.1. The predicted octanol–water partition coefficient (Wildman–Crippen LogP) is 5.28. The number of benzene rings is 2. The molecule has 2 N–H and O–H groups in total. The van der Waals surface area contributed by atoms with Crippen molar-refractivity contribution in [3.8, 4) is 23.2 Å². The number of amides is 1. The lowest BCUT2D eigenvalue weighted by Crippen LogP contribution is -2.43. The molecule has 13 heteroatoms. The van der Waals surface area contributed by atoms with E-state index in [4.69, 9.17) is 15.5 Å². The number of nitrogens with zero attached hydrogens (tertiary/aromatic N) is 6. The maximum Gasteiger partial charge on any atom is 0.319 e. The third-order valence-corrected chi connectivity index (χ3v) is 10.1. The number of thiophene rings is 1. The summed E-state index contributed by atoms with van der Waals surface area (Å²) >= 11 is 0.935. The Morgan fingerprint density at radius 3 is 2.73 bits per heavy atom. The lowest BCUT2D eigenvalue weighted by Gasteiger charge is -2.32. The monoisotopic (exact) mass is 635 g/mol. The lowest BCUT2D eigenvalue weighted by atomic mass is 9.97. The number of aromatic nitrogens is 2. The Balaban J connectivity index is 1.48. The van der Waals surface area contributed by atoms with E-state index in [1.165, 1.54) is 18.2 Å². The van der Waals surface area contributed by atoms with E-state index in [1.807, 2.05) is 36.9 Å². The van der Waals surface area contributed by atoms with E-state index >= 15 is 4.39 Å². The zero-order chi connectivity index (χ0) is 32.2. The van der Waals surface area contributed by atoms with Gasteiger partial charge in [-0.25, -0.2) is 13.2 Å². The number of nitrogens with two attached hydrogens (primary N) is 1. The minimum absolute atomic E-state index is 0.0358. The summed E-state index contributed by atoms with van der Waals surface area (Å²) in [7, 11) is 3.64. The molecular formula is C32H32F3N7O2S. The van der Waals surface area contributed by atoms with Gasteiger partial charge in [0.15, 0.2) is 5.82 Å². The average Bonchev–Trinajstić information content (AvgIpc) is 3.68. The summed E-state index contributed by atoms with van der Waals surface area (Å²) in [5.41, 5.74) is 6.48. The molecule has 0 saturated carbocycles. The summed E-state index contributed by atoms with van der Waals surface area (Å²) in [5.74, 6) is -1.04. The number of anilines is 2. The van der Waals surface area contributed by atoms with Crippen molar-refractivity contribution >= 4 is 49.1 Å². The number of halogens is 3. The van der Waals surface area contributed by atoms with Crippen LogP contribution >= 0.6 is 11.3 Å². The molecule has 0 bridgehead atoms. The number of rotatable bonds is 7. The van der Waals surface area contributed by atoms with Crippen molar-refractivity contribution in [1.29, 1.82) is 5.26 Å². The summed E-state index contributed by atoms with van der Waals surface area (Å²) in [6.07, 6.45) is 1.27. The molecule has 0 spiro atoms. The van der Waals surface area contributed by atoms with Gasteiger partial charge in [-0.05, 0) is 50.6 Å². The molecule has 2 aliphatic rings. The number of carbonyl (C=O) groups excluding carboxylic acids is 1. The van der Waals surface area contributed by atoms with Crippen LogP contribution in [0.4, 0.5) is 24.0 Å². The molecule has 2 aromatic carbocycles. The predicted molar refractivity (Wildman–Crippen MR) is 169 cm³/mol. The van der Waals surface area contributed by atoms with Crippen molar-refractivity contribution in [3.05, 3.63) is 54.1 Å². The SMILES string of the molecule is C=CC(=O)N1CCC(N(C)c2nc(OC[C@@H]3C[C@@H](F)CN3C)nc3c(F)c(-c4ccc(F)c5sc(N)c(C#N)c45)ccc23)[C@H]1C. The first-order valence-corrected chi connectivity index (χ1v) is 15.4. The number of hydrogen-bond donors (Lipinski definition) is 1. The first-order valence-electron chi connectivity index (χ1n) is 14.6. The number of ether oxygens (including phenoxy) is 1. The molecule has 4 aromatic rings. The van der Waals surface area contributed by atoms with Crippen molar-refractivity contribution in [1.82, 2.24) is 19.8 Å². The Labute approximate surface area is 262 Å². The molecule has 2 fully saturated rings. The van der Waals surface area contributed by atoms with Gasteiger partial charge in [0.1, 0.15) is 41.0 Å². The van der Waals surface area contributed by atoms with Gasteiger partial charge in [0.05, 0.1) is 16.3 Å². The third-order valence-electron chi connectivity index (χ3n) is 9.03. The summed E-state index contributed by atoms with van der Waals surface area (Å²) in [4.78, 5) is 27.1. The molecule has 4 atom stereocenters. The lowest BCUT2D eigenvalue weighted by molar-refractivity contribution is -0.126. The van der Waals surface area contributed by atoms with Gasteiger partial charge in [-0.15, -0.1) is 11.3 Å². The topological polar surface area (TPSA) is 112 Å². The Bertz CT molecular complexity index is 1880. The maximum absolute atomic E-state index is 16.7. The summed E-state index contributed by atoms with van der Waals surface area (Å²) in [5, 5.41) is 10.6. The fourth-order valence-corrected chi connectivity index (χ4v) is 7.55. The van der Waals surface area contributed by atoms with Crippen LogP contribution in [-0.2, 0) is 4.79 Å². The molecule has 0 radical (unpaired) electrons. The van der Waals surface area contributed by atoms with E-state index in [2.05, 4.69) is 11.6 Å². The van der Waals surface area contributed by atoms with Crippen molar-refractivity contribution in [3.63, 3.8) is 0 Å². The highest BCUT2D eigenvalue weighted by atomic mass is 32.1. The van der Waals surface area contributed by atoms with Gasteiger partial charge >= 0.3 is 6.01 Å². The van der Waals surface area contributed by atoms with E-state index in [9.17, 15) is 18.8 Å². The van der Waals surface area contributed by atoms with E-state index in [-0.39, 0.29) is 68.4 Å². The van der Waals surface area contributed by atoms with Crippen LogP contribution in [0.3, 0.4) is 0 Å².